The van der Waals surface area contributed by atoms with Crippen LogP contribution in [0.4, 0.5) is 10.8 Å². The molecule has 10 nitrogen and oxygen atoms in total. The van der Waals surface area contributed by atoms with Crippen LogP contribution in [-0.4, -0.2) is 39.8 Å². The number of amides is 2. The molecule has 0 spiro atoms. The Kier molecular flexibility index (Phi) is 5.68. The number of thiazole rings is 1. The molecule has 1 aromatic carbocycles. The van der Waals surface area contributed by atoms with Gasteiger partial charge in [-0.05, 0) is 30.0 Å². The lowest BCUT2D eigenvalue weighted by molar-refractivity contribution is -0.138. The van der Waals surface area contributed by atoms with E-state index in [1.54, 1.807) is 24.3 Å². The molecule has 2 aliphatic heterocycles. The zero-order valence-corrected chi connectivity index (χ0v) is 16.8. The number of rotatable bonds is 6. The summed E-state index contributed by atoms with van der Waals surface area (Å²) in [6.45, 7) is 0.171. The molecule has 3 N–H and O–H groups in total. The normalized spacial score (nSPS) is 17.4. The van der Waals surface area contributed by atoms with Gasteiger partial charge in [0.25, 0.3) is 5.91 Å². The van der Waals surface area contributed by atoms with E-state index in [2.05, 4.69) is 20.6 Å². The predicted octanol–water partition coefficient (Wildman–Crippen LogP) is 2.57. The first-order chi connectivity index (χ1) is 14.5. The summed E-state index contributed by atoms with van der Waals surface area (Å²) in [4.78, 5) is 44.0. The van der Waals surface area contributed by atoms with Crippen LogP contribution in [0.15, 0.2) is 34.3 Å². The number of carbonyl (C=O) groups is 3. The maximum Gasteiger partial charge on any atom is 0.303 e. The molecule has 1 fully saturated rings. The van der Waals surface area contributed by atoms with Crippen LogP contribution in [0, 0.1) is 0 Å². The van der Waals surface area contributed by atoms with Gasteiger partial charge in [-0.25, -0.2) is 9.98 Å². The second-order valence-corrected chi connectivity index (χ2v) is 8.12. The first-order valence-corrected chi connectivity index (χ1v) is 10.3. The molecule has 12 heteroatoms. The second-order valence-electron chi connectivity index (χ2n) is 6.03. The molecule has 0 unspecified atom stereocenters. The van der Waals surface area contributed by atoms with E-state index in [0.29, 0.717) is 37.3 Å². The molecular weight excluding hydrogens is 432 g/mol. The number of ether oxygens (including phenoxy) is 2. The van der Waals surface area contributed by atoms with Crippen LogP contribution in [0.5, 0.6) is 11.5 Å². The lowest BCUT2D eigenvalue weighted by Gasteiger charge is -1.99. The minimum atomic E-state index is -1.04. The third kappa shape index (κ3) is 4.78. The molecule has 2 aromatic rings. The zero-order chi connectivity index (χ0) is 21.1. The van der Waals surface area contributed by atoms with Gasteiger partial charge < -0.3 is 25.2 Å². The molecule has 4 rings (SSSR count). The molecule has 0 atom stereocenters. The minimum Gasteiger partial charge on any atom is -0.481 e. The van der Waals surface area contributed by atoms with E-state index in [9.17, 15) is 14.4 Å². The summed E-state index contributed by atoms with van der Waals surface area (Å²) < 4.78 is 10.6. The Labute approximate surface area is 178 Å². The maximum atomic E-state index is 12.2. The fraction of sp³-hybridized carbons (Fsp3) is 0.167. The standard InChI is InChI=1S/C18H14N4O6S2/c23-14(3-4-15(24)25)21-17-19-7-10(29-17)6-13-16(26)22-18(30-13)20-9-1-2-11-12(5-9)28-8-27-11/h1-2,5-7H,3-4,8H2,(H,24,25)(H,19,21,23)(H,20,22,26). The average Bonchev–Trinajstić information content (AvgIpc) is 3.41. The van der Waals surface area contributed by atoms with Gasteiger partial charge in [-0.2, -0.15) is 0 Å². The molecule has 154 valence electrons. The molecule has 2 amide bonds. The first kappa shape index (κ1) is 19.9. The quantitative estimate of drug-likeness (QED) is 0.576. The van der Waals surface area contributed by atoms with Crippen molar-refractivity contribution >= 4 is 62.9 Å². The number of thioether (sulfide) groups is 1. The average molecular weight is 446 g/mol. The number of hydrogen-bond donors (Lipinski definition) is 3. The van der Waals surface area contributed by atoms with Crippen molar-refractivity contribution in [2.75, 3.05) is 12.1 Å². The summed E-state index contributed by atoms with van der Waals surface area (Å²) in [7, 11) is 0. The summed E-state index contributed by atoms with van der Waals surface area (Å²) in [5.74, 6) is -0.516. The number of nitrogens with zero attached hydrogens (tertiary/aromatic N) is 2. The number of amidine groups is 1. The van der Waals surface area contributed by atoms with Crippen molar-refractivity contribution in [2.24, 2.45) is 4.99 Å². The lowest BCUT2D eigenvalue weighted by Crippen LogP contribution is -2.19. The summed E-state index contributed by atoms with van der Waals surface area (Å²) in [5, 5.41) is 14.6. The lowest BCUT2D eigenvalue weighted by atomic mass is 10.3. The van der Waals surface area contributed by atoms with Crippen LogP contribution in [0.3, 0.4) is 0 Å². The third-order valence-corrected chi connectivity index (χ3v) is 5.62. The Bertz CT molecular complexity index is 1090. The molecular formula is C18H14N4O6S2. The van der Waals surface area contributed by atoms with E-state index in [-0.39, 0.29) is 25.5 Å². The largest absolute Gasteiger partial charge is 0.481 e. The number of aliphatic imine (C=N–C) groups is 1. The van der Waals surface area contributed by atoms with Crippen LogP contribution in [0.25, 0.3) is 6.08 Å². The number of aromatic nitrogens is 1. The summed E-state index contributed by atoms with van der Waals surface area (Å²) in [6.07, 6.45) is 2.78. The molecule has 0 aliphatic carbocycles. The van der Waals surface area contributed by atoms with E-state index in [1.807, 2.05) is 0 Å². The number of carboxylic acid groups (broad SMARTS) is 1. The van der Waals surface area contributed by atoms with Gasteiger partial charge in [0.15, 0.2) is 21.8 Å². The highest BCUT2D eigenvalue weighted by atomic mass is 32.2. The van der Waals surface area contributed by atoms with Crippen molar-refractivity contribution in [3.63, 3.8) is 0 Å². The van der Waals surface area contributed by atoms with E-state index >= 15 is 0 Å². The van der Waals surface area contributed by atoms with Crippen LogP contribution in [-0.2, 0) is 14.4 Å². The number of carboxylic acids is 1. The highest BCUT2D eigenvalue weighted by molar-refractivity contribution is 8.18. The second kappa shape index (κ2) is 8.55. The van der Waals surface area contributed by atoms with E-state index in [1.165, 1.54) is 29.3 Å². The number of fused-ring (bicyclic) bond motifs is 1. The number of hydrogen-bond acceptors (Lipinski definition) is 9. The fourth-order valence-corrected chi connectivity index (χ4v) is 4.18. The van der Waals surface area contributed by atoms with E-state index in [0.717, 1.165) is 0 Å². The Hall–Kier alpha value is -3.38. The smallest absolute Gasteiger partial charge is 0.303 e. The van der Waals surface area contributed by atoms with Gasteiger partial charge in [0.05, 0.1) is 21.9 Å². The summed E-state index contributed by atoms with van der Waals surface area (Å²) in [5.41, 5.74) is 0.618. The number of aliphatic carboxylic acids is 1. The maximum absolute atomic E-state index is 12.2. The summed E-state index contributed by atoms with van der Waals surface area (Å²) >= 11 is 2.35. The molecule has 1 aromatic heterocycles. The summed E-state index contributed by atoms with van der Waals surface area (Å²) in [6, 6.07) is 5.24. The number of anilines is 1. The van der Waals surface area contributed by atoms with E-state index < -0.39 is 11.9 Å². The van der Waals surface area contributed by atoms with Gasteiger partial charge in [0.2, 0.25) is 12.7 Å². The molecule has 3 heterocycles. The number of carbonyl (C=O) groups excluding carboxylic acids is 2. The zero-order valence-electron chi connectivity index (χ0n) is 15.2. The van der Waals surface area contributed by atoms with E-state index in [4.69, 9.17) is 14.6 Å². The van der Waals surface area contributed by atoms with Gasteiger partial charge in [-0.1, -0.05) is 11.3 Å². The number of benzene rings is 1. The van der Waals surface area contributed by atoms with Crippen molar-refractivity contribution in [1.82, 2.24) is 10.3 Å². The van der Waals surface area contributed by atoms with Crippen molar-refractivity contribution in [3.05, 3.63) is 34.2 Å². The van der Waals surface area contributed by atoms with Gasteiger partial charge in [0.1, 0.15) is 0 Å². The molecule has 1 saturated heterocycles. The van der Waals surface area contributed by atoms with Crippen LogP contribution >= 0.6 is 23.1 Å². The van der Waals surface area contributed by atoms with Crippen molar-refractivity contribution < 1.29 is 29.0 Å². The Morgan fingerprint density at radius 3 is 2.97 bits per heavy atom. The van der Waals surface area contributed by atoms with Crippen molar-refractivity contribution in [2.45, 2.75) is 12.8 Å². The van der Waals surface area contributed by atoms with Gasteiger partial charge in [0, 0.05) is 18.7 Å². The highest BCUT2D eigenvalue weighted by Crippen LogP contribution is 2.36. The van der Waals surface area contributed by atoms with Crippen molar-refractivity contribution in [1.29, 1.82) is 0 Å². The Balaban J connectivity index is 1.41. The SMILES string of the molecule is O=C(O)CCC(=O)Nc1ncc(C=C2SC(=Nc3ccc4c(c3)OCO4)NC2=O)s1. The monoisotopic (exact) mass is 446 g/mol. The highest BCUT2D eigenvalue weighted by Gasteiger charge is 2.24. The molecule has 30 heavy (non-hydrogen) atoms. The molecule has 0 saturated carbocycles. The van der Waals surface area contributed by atoms with Gasteiger partial charge in [-0.15, -0.1) is 0 Å². The van der Waals surface area contributed by atoms with Crippen LogP contribution in [0.2, 0.25) is 0 Å². The molecule has 0 radical (unpaired) electrons. The van der Waals surface area contributed by atoms with Crippen molar-refractivity contribution in [3.8, 4) is 11.5 Å². The molecule has 2 aliphatic rings. The first-order valence-electron chi connectivity index (χ1n) is 8.63. The minimum absolute atomic E-state index is 0.136. The van der Waals surface area contributed by atoms with Gasteiger partial charge in [-0.3, -0.25) is 14.4 Å². The predicted molar refractivity (Wildman–Crippen MR) is 111 cm³/mol. The molecule has 0 bridgehead atoms. The Morgan fingerprint density at radius 1 is 1.30 bits per heavy atom. The van der Waals surface area contributed by atoms with Crippen LogP contribution in [0.1, 0.15) is 17.7 Å². The van der Waals surface area contributed by atoms with Gasteiger partial charge >= 0.3 is 5.97 Å². The topological polar surface area (TPSA) is 139 Å². The fourth-order valence-electron chi connectivity index (χ4n) is 2.50. The third-order valence-electron chi connectivity index (χ3n) is 3.85. The van der Waals surface area contributed by atoms with Crippen LogP contribution < -0.4 is 20.1 Å². The number of nitrogens with one attached hydrogen (secondary N) is 2. The Morgan fingerprint density at radius 2 is 2.13 bits per heavy atom.